The van der Waals surface area contributed by atoms with Crippen LogP contribution in [0.1, 0.15) is 47.0 Å². The summed E-state index contributed by atoms with van der Waals surface area (Å²) in [4.78, 5) is 2.66. The zero-order valence-electron chi connectivity index (χ0n) is 11.9. The van der Waals surface area contributed by atoms with E-state index in [2.05, 4.69) is 45.0 Å². The minimum absolute atomic E-state index is 0.441. The van der Waals surface area contributed by atoms with E-state index >= 15 is 0 Å². The molecule has 1 saturated heterocycles. The van der Waals surface area contributed by atoms with Gasteiger partial charge in [-0.15, -0.1) is 0 Å². The Kier molecular flexibility index (Phi) is 4.81. The van der Waals surface area contributed by atoms with Crippen molar-refractivity contribution >= 4 is 0 Å². The van der Waals surface area contributed by atoms with Crippen LogP contribution in [0.2, 0.25) is 0 Å². The number of piperidine rings is 1. The molecule has 0 saturated carbocycles. The predicted octanol–water partition coefficient (Wildman–Crippen LogP) is 2.74. The van der Waals surface area contributed by atoms with Crippen LogP contribution in [-0.4, -0.2) is 38.1 Å². The molecule has 0 radical (unpaired) electrons. The van der Waals surface area contributed by atoms with Gasteiger partial charge in [-0.05, 0) is 50.2 Å². The molecule has 1 aliphatic heterocycles. The minimum atomic E-state index is 0.441. The van der Waals surface area contributed by atoms with Crippen molar-refractivity contribution in [3.63, 3.8) is 0 Å². The van der Waals surface area contributed by atoms with Gasteiger partial charge in [0.2, 0.25) is 0 Å². The molecule has 1 fully saturated rings. The van der Waals surface area contributed by atoms with Gasteiger partial charge in [-0.2, -0.15) is 0 Å². The molecule has 1 rings (SSSR count). The smallest absolute Gasteiger partial charge is 0.00474 e. The summed E-state index contributed by atoms with van der Waals surface area (Å²) in [6.07, 6.45) is 3.96. The van der Waals surface area contributed by atoms with Crippen molar-refractivity contribution in [1.82, 2.24) is 10.2 Å². The van der Waals surface area contributed by atoms with Crippen LogP contribution in [0.25, 0.3) is 0 Å². The number of likely N-dealkylation sites (tertiary alicyclic amines) is 1. The highest BCUT2D eigenvalue weighted by molar-refractivity contribution is 4.84. The molecule has 2 heteroatoms. The van der Waals surface area contributed by atoms with Crippen molar-refractivity contribution in [2.24, 2.45) is 10.8 Å². The summed E-state index contributed by atoms with van der Waals surface area (Å²) >= 11 is 0. The van der Waals surface area contributed by atoms with Gasteiger partial charge in [0.25, 0.3) is 0 Å². The normalized spacial score (nSPS) is 25.3. The van der Waals surface area contributed by atoms with Crippen LogP contribution in [0.5, 0.6) is 0 Å². The lowest BCUT2D eigenvalue weighted by atomic mass is 9.81. The van der Waals surface area contributed by atoms with E-state index in [1.54, 1.807) is 0 Å². The molecule has 1 N–H and O–H groups in total. The molecule has 0 aromatic rings. The van der Waals surface area contributed by atoms with Gasteiger partial charge in [0.1, 0.15) is 0 Å². The summed E-state index contributed by atoms with van der Waals surface area (Å²) in [5, 5.41) is 3.34. The fraction of sp³-hybridized carbons (Fsp3) is 1.00. The highest BCUT2D eigenvalue weighted by Crippen LogP contribution is 2.31. The first kappa shape index (κ1) is 14.0. The van der Waals surface area contributed by atoms with E-state index in [9.17, 15) is 0 Å². The molecule has 16 heavy (non-hydrogen) atoms. The largest absolute Gasteiger partial charge is 0.319 e. The van der Waals surface area contributed by atoms with Gasteiger partial charge in [-0.25, -0.2) is 0 Å². The van der Waals surface area contributed by atoms with E-state index in [1.165, 1.54) is 38.9 Å². The lowest BCUT2D eigenvalue weighted by Gasteiger charge is -2.41. The Morgan fingerprint density at radius 1 is 1.25 bits per heavy atom. The van der Waals surface area contributed by atoms with E-state index in [-0.39, 0.29) is 0 Å². The Labute approximate surface area is 102 Å². The molecule has 0 amide bonds. The first-order valence-electron chi connectivity index (χ1n) is 6.78. The molecule has 0 aromatic heterocycles. The van der Waals surface area contributed by atoms with Crippen molar-refractivity contribution in [3.8, 4) is 0 Å². The van der Waals surface area contributed by atoms with Crippen molar-refractivity contribution in [1.29, 1.82) is 0 Å². The topological polar surface area (TPSA) is 15.3 Å². The van der Waals surface area contributed by atoms with Gasteiger partial charge < -0.3 is 10.2 Å². The van der Waals surface area contributed by atoms with Crippen molar-refractivity contribution in [2.75, 3.05) is 33.2 Å². The number of hydrogen-bond acceptors (Lipinski definition) is 2. The maximum absolute atomic E-state index is 3.34. The van der Waals surface area contributed by atoms with Gasteiger partial charge in [0.05, 0.1) is 0 Å². The van der Waals surface area contributed by atoms with Crippen LogP contribution in [0.4, 0.5) is 0 Å². The first-order chi connectivity index (χ1) is 7.41. The Bertz CT molecular complexity index is 203. The molecule has 0 aliphatic carbocycles. The van der Waals surface area contributed by atoms with Crippen molar-refractivity contribution in [3.05, 3.63) is 0 Å². The van der Waals surface area contributed by atoms with Crippen LogP contribution in [0.15, 0.2) is 0 Å². The molecule has 1 unspecified atom stereocenters. The van der Waals surface area contributed by atoms with Crippen molar-refractivity contribution < 1.29 is 0 Å². The summed E-state index contributed by atoms with van der Waals surface area (Å²) in [7, 11) is 2.06. The Morgan fingerprint density at radius 2 is 1.81 bits per heavy atom. The van der Waals surface area contributed by atoms with E-state index < -0.39 is 0 Å². The second-order valence-electron chi connectivity index (χ2n) is 6.63. The molecule has 96 valence electrons. The monoisotopic (exact) mass is 226 g/mol. The van der Waals surface area contributed by atoms with Gasteiger partial charge in [0.15, 0.2) is 0 Å². The van der Waals surface area contributed by atoms with Crippen LogP contribution in [0.3, 0.4) is 0 Å². The van der Waals surface area contributed by atoms with E-state index in [0.717, 1.165) is 6.54 Å². The third kappa shape index (κ3) is 4.06. The Balaban J connectivity index is 2.42. The molecule has 0 bridgehead atoms. The van der Waals surface area contributed by atoms with Crippen LogP contribution in [0, 0.1) is 10.8 Å². The molecule has 0 spiro atoms. The maximum Gasteiger partial charge on any atom is 0.00474 e. The van der Waals surface area contributed by atoms with Gasteiger partial charge in [0, 0.05) is 13.1 Å². The quantitative estimate of drug-likeness (QED) is 0.775. The third-order valence-electron chi connectivity index (χ3n) is 4.27. The molecule has 2 nitrogen and oxygen atoms in total. The van der Waals surface area contributed by atoms with Crippen LogP contribution in [-0.2, 0) is 0 Å². The second-order valence-corrected chi connectivity index (χ2v) is 6.63. The molecule has 1 atom stereocenters. The standard InChI is InChI=1S/C14H30N2/c1-6-14(4,11-15-5)12-16-9-7-13(2,3)8-10-16/h15H,6-12H2,1-5H3. The highest BCUT2D eigenvalue weighted by Gasteiger charge is 2.30. The average molecular weight is 226 g/mol. The summed E-state index contributed by atoms with van der Waals surface area (Å²) in [5.74, 6) is 0. The highest BCUT2D eigenvalue weighted by atomic mass is 15.1. The number of rotatable bonds is 5. The van der Waals surface area contributed by atoms with E-state index in [4.69, 9.17) is 0 Å². The van der Waals surface area contributed by atoms with E-state index in [0.29, 0.717) is 10.8 Å². The third-order valence-corrected chi connectivity index (χ3v) is 4.27. The lowest BCUT2D eigenvalue weighted by Crippen LogP contribution is -2.45. The summed E-state index contributed by atoms with van der Waals surface area (Å²) in [5.41, 5.74) is 1.01. The molecule has 1 aliphatic rings. The number of nitrogens with one attached hydrogen (secondary N) is 1. The summed E-state index contributed by atoms with van der Waals surface area (Å²) in [6.45, 7) is 14.5. The number of hydrogen-bond donors (Lipinski definition) is 1. The van der Waals surface area contributed by atoms with Gasteiger partial charge in [-0.1, -0.05) is 27.7 Å². The Hall–Kier alpha value is -0.0800. The zero-order valence-corrected chi connectivity index (χ0v) is 11.9. The fourth-order valence-electron chi connectivity index (χ4n) is 2.58. The second kappa shape index (κ2) is 5.50. The van der Waals surface area contributed by atoms with Crippen LogP contribution < -0.4 is 5.32 Å². The molecule has 0 aromatic carbocycles. The summed E-state index contributed by atoms with van der Waals surface area (Å²) < 4.78 is 0. The SMILES string of the molecule is CCC(C)(CNC)CN1CCC(C)(C)CC1. The van der Waals surface area contributed by atoms with E-state index in [1.807, 2.05) is 0 Å². The predicted molar refractivity (Wildman–Crippen MR) is 71.8 cm³/mol. The number of nitrogens with zero attached hydrogens (tertiary/aromatic N) is 1. The lowest BCUT2D eigenvalue weighted by molar-refractivity contribution is 0.0868. The zero-order chi connectivity index (χ0) is 12.2. The fourth-order valence-corrected chi connectivity index (χ4v) is 2.58. The van der Waals surface area contributed by atoms with Gasteiger partial charge >= 0.3 is 0 Å². The minimum Gasteiger partial charge on any atom is -0.319 e. The molecule has 1 heterocycles. The molecular weight excluding hydrogens is 196 g/mol. The average Bonchev–Trinajstić information content (AvgIpc) is 2.22. The molecular formula is C14H30N2. The first-order valence-corrected chi connectivity index (χ1v) is 6.78. The van der Waals surface area contributed by atoms with Gasteiger partial charge in [-0.3, -0.25) is 0 Å². The summed E-state index contributed by atoms with van der Waals surface area (Å²) in [6, 6.07) is 0. The maximum atomic E-state index is 3.34. The van der Waals surface area contributed by atoms with Crippen molar-refractivity contribution in [2.45, 2.75) is 47.0 Å². The van der Waals surface area contributed by atoms with Crippen LogP contribution >= 0.6 is 0 Å². The Morgan fingerprint density at radius 3 is 2.25 bits per heavy atom.